The minimum Gasteiger partial charge on any atom is -0.444 e. The number of rotatable bonds is 5. The number of halogens is 1. The van der Waals surface area contributed by atoms with Gasteiger partial charge in [0.15, 0.2) is 0 Å². The van der Waals surface area contributed by atoms with Crippen LogP contribution in [0.4, 0.5) is 9.18 Å². The summed E-state index contributed by atoms with van der Waals surface area (Å²) in [6.45, 7) is 11.2. The van der Waals surface area contributed by atoms with Crippen LogP contribution < -0.4 is 5.32 Å². The Morgan fingerprint density at radius 2 is 1.91 bits per heavy atom. The normalized spacial score (nSPS) is 22.8. The Hall–Kier alpha value is -2.57. The zero-order chi connectivity index (χ0) is 25.3. The number of benzene rings is 1. The quantitative estimate of drug-likeness (QED) is 0.537. The highest BCUT2D eigenvalue weighted by atomic mass is 19.1. The number of fused-ring (bicyclic) bond motifs is 3. The molecule has 1 aliphatic carbocycles. The van der Waals surface area contributed by atoms with E-state index in [1.807, 2.05) is 26.8 Å². The van der Waals surface area contributed by atoms with Gasteiger partial charge in [-0.05, 0) is 94.9 Å². The third-order valence-electron chi connectivity index (χ3n) is 7.32. The molecule has 1 aromatic heterocycles. The number of ether oxygens (including phenoxy) is 1. The summed E-state index contributed by atoms with van der Waals surface area (Å²) in [5.41, 5.74) is 2.62. The first-order chi connectivity index (χ1) is 16.5. The van der Waals surface area contributed by atoms with E-state index in [0.717, 1.165) is 55.1 Å². The van der Waals surface area contributed by atoms with Crippen LogP contribution in [0.3, 0.4) is 0 Å². The number of hydrogen-bond acceptors (Lipinski definition) is 3. The SMILES string of the molecule is CC(C)CC1c2[nH]c3cc(F)ccc3c2CCN1C(=O)[C@H]1CC[C@H](CNC(=O)OC(C)(C)C)CC1. The standard InChI is InChI=1S/C28H40FN3O3/c1-17(2)14-24-25-22(21-11-10-20(29)15-23(21)31-25)12-13-32(24)26(33)19-8-6-18(7-9-19)16-30-27(34)35-28(3,4)5/h10-11,15,17-19,24,31H,6-9,12-14,16H2,1-5H3,(H,30,34)/t18-,19-,24?. The topological polar surface area (TPSA) is 74.4 Å². The molecule has 2 amide bonds. The van der Waals surface area contributed by atoms with Gasteiger partial charge < -0.3 is 19.9 Å². The first-order valence-corrected chi connectivity index (χ1v) is 13.1. The van der Waals surface area contributed by atoms with Gasteiger partial charge in [0, 0.05) is 35.6 Å². The van der Waals surface area contributed by atoms with E-state index >= 15 is 0 Å². The van der Waals surface area contributed by atoms with Gasteiger partial charge in [0.05, 0.1) is 6.04 Å². The molecule has 1 aromatic carbocycles. The molecule has 2 aliphatic rings. The average molecular weight is 486 g/mol. The fourth-order valence-corrected chi connectivity index (χ4v) is 5.69. The van der Waals surface area contributed by atoms with E-state index in [0.29, 0.717) is 24.9 Å². The molecule has 0 spiro atoms. The number of alkyl carbamates (subject to hydrolysis) is 1. The number of carbonyl (C=O) groups excluding carboxylic acids is 2. The van der Waals surface area contributed by atoms with Gasteiger partial charge in [-0.3, -0.25) is 4.79 Å². The summed E-state index contributed by atoms with van der Waals surface area (Å²) in [5, 5.41) is 3.95. The summed E-state index contributed by atoms with van der Waals surface area (Å²) in [5.74, 6) is 0.812. The molecule has 2 aromatic rings. The van der Waals surface area contributed by atoms with Crippen molar-refractivity contribution in [3.05, 3.63) is 35.3 Å². The highest BCUT2D eigenvalue weighted by Crippen LogP contribution is 2.40. The van der Waals surface area contributed by atoms with Crippen LogP contribution in [0.1, 0.15) is 84.0 Å². The second-order valence-corrected chi connectivity index (χ2v) is 11.7. The highest BCUT2D eigenvalue weighted by Gasteiger charge is 2.37. The zero-order valence-corrected chi connectivity index (χ0v) is 21.7. The van der Waals surface area contributed by atoms with E-state index in [2.05, 4.69) is 29.0 Å². The molecular formula is C28H40FN3O3. The van der Waals surface area contributed by atoms with E-state index in [4.69, 9.17) is 4.74 Å². The third-order valence-corrected chi connectivity index (χ3v) is 7.32. The van der Waals surface area contributed by atoms with Crippen molar-refractivity contribution in [3.8, 4) is 0 Å². The number of H-pyrrole nitrogens is 1. The van der Waals surface area contributed by atoms with Gasteiger partial charge in [-0.1, -0.05) is 13.8 Å². The fourth-order valence-electron chi connectivity index (χ4n) is 5.69. The number of nitrogens with one attached hydrogen (secondary N) is 2. The molecule has 6 nitrogen and oxygen atoms in total. The van der Waals surface area contributed by atoms with E-state index in [9.17, 15) is 14.0 Å². The Morgan fingerprint density at radius 1 is 1.20 bits per heavy atom. The predicted octanol–water partition coefficient (Wildman–Crippen LogP) is 6.11. The Balaban J connectivity index is 1.41. The number of aromatic nitrogens is 1. The van der Waals surface area contributed by atoms with Crippen LogP contribution in [0, 0.1) is 23.6 Å². The molecule has 0 saturated heterocycles. The van der Waals surface area contributed by atoms with E-state index in [1.54, 1.807) is 6.07 Å². The molecule has 2 N–H and O–H groups in total. The molecule has 1 saturated carbocycles. The number of nitrogens with zero attached hydrogens (tertiary/aromatic N) is 1. The monoisotopic (exact) mass is 485 g/mol. The lowest BCUT2D eigenvalue weighted by molar-refractivity contribution is -0.140. The van der Waals surface area contributed by atoms with Gasteiger partial charge in [-0.25, -0.2) is 9.18 Å². The molecule has 0 radical (unpaired) electrons. The van der Waals surface area contributed by atoms with Crippen molar-refractivity contribution in [2.45, 2.75) is 84.8 Å². The van der Waals surface area contributed by atoms with Gasteiger partial charge in [-0.15, -0.1) is 0 Å². The number of amides is 2. The van der Waals surface area contributed by atoms with E-state index < -0.39 is 5.60 Å². The molecule has 1 fully saturated rings. The van der Waals surface area contributed by atoms with Crippen LogP contribution in [0.25, 0.3) is 10.9 Å². The molecule has 1 unspecified atom stereocenters. The Morgan fingerprint density at radius 3 is 2.57 bits per heavy atom. The fraction of sp³-hybridized carbons (Fsp3) is 0.643. The summed E-state index contributed by atoms with van der Waals surface area (Å²) in [6.07, 6.45) is 4.82. The maximum Gasteiger partial charge on any atom is 0.407 e. The molecular weight excluding hydrogens is 445 g/mol. The first-order valence-electron chi connectivity index (χ1n) is 13.1. The number of carbonyl (C=O) groups is 2. The summed E-state index contributed by atoms with van der Waals surface area (Å²) >= 11 is 0. The molecule has 4 rings (SSSR count). The van der Waals surface area contributed by atoms with Crippen LogP contribution in [0.2, 0.25) is 0 Å². The minimum absolute atomic E-state index is 0.00623. The van der Waals surface area contributed by atoms with Gasteiger partial charge in [-0.2, -0.15) is 0 Å². The van der Waals surface area contributed by atoms with Crippen molar-refractivity contribution in [2.24, 2.45) is 17.8 Å². The van der Waals surface area contributed by atoms with Crippen LogP contribution in [-0.2, 0) is 16.0 Å². The van der Waals surface area contributed by atoms with Crippen molar-refractivity contribution in [1.82, 2.24) is 15.2 Å². The summed E-state index contributed by atoms with van der Waals surface area (Å²) in [6, 6.07) is 4.92. The highest BCUT2D eigenvalue weighted by molar-refractivity contribution is 5.86. The Kier molecular flexibility index (Phi) is 7.43. The molecule has 2 heterocycles. The lowest BCUT2D eigenvalue weighted by Gasteiger charge is -2.40. The Bertz CT molecular complexity index is 1060. The summed E-state index contributed by atoms with van der Waals surface area (Å²) in [4.78, 5) is 31.2. The summed E-state index contributed by atoms with van der Waals surface area (Å²) in [7, 11) is 0. The van der Waals surface area contributed by atoms with Crippen LogP contribution >= 0.6 is 0 Å². The molecule has 1 aliphatic heterocycles. The van der Waals surface area contributed by atoms with Gasteiger partial charge >= 0.3 is 6.09 Å². The maximum absolute atomic E-state index is 13.8. The minimum atomic E-state index is -0.506. The maximum atomic E-state index is 13.8. The van der Waals surface area contributed by atoms with E-state index in [1.165, 1.54) is 11.6 Å². The van der Waals surface area contributed by atoms with Crippen molar-refractivity contribution in [1.29, 1.82) is 0 Å². The lowest BCUT2D eigenvalue weighted by atomic mass is 9.80. The van der Waals surface area contributed by atoms with Crippen LogP contribution in [0.15, 0.2) is 18.2 Å². The third kappa shape index (κ3) is 5.99. The largest absolute Gasteiger partial charge is 0.444 e. The molecule has 0 bridgehead atoms. The average Bonchev–Trinajstić information content (AvgIpc) is 3.14. The molecule has 7 heteroatoms. The van der Waals surface area contributed by atoms with Crippen molar-refractivity contribution >= 4 is 22.9 Å². The predicted molar refractivity (Wildman–Crippen MR) is 136 cm³/mol. The zero-order valence-electron chi connectivity index (χ0n) is 21.7. The smallest absolute Gasteiger partial charge is 0.407 e. The molecule has 192 valence electrons. The second kappa shape index (κ2) is 10.2. The van der Waals surface area contributed by atoms with Crippen molar-refractivity contribution < 1.29 is 18.7 Å². The molecule has 1 atom stereocenters. The van der Waals surface area contributed by atoms with Crippen molar-refractivity contribution in [3.63, 3.8) is 0 Å². The molecule has 35 heavy (non-hydrogen) atoms. The number of aromatic amines is 1. The Labute approximate surface area is 208 Å². The van der Waals surface area contributed by atoms with E-state index in [-0.39, 0.29) is 29.8 Å². The summed E-state index contributed by atoms with van der Waals surface area (Å²) < 4.78 is 19.2. The lowest BCUT2D eigenvalue weighted by Crippen LogP contribution is -2.45. The second-order valence-electron chi connectivity index (χ2n) is 11.7. The van der Waals surface area contributed by atoms with Gasteiger partial charge in [0.2, 0.25) is 5.91 Å². The van der Waals surface area contributed by atoms with Crippen molar-refractivity contribution in [2.75, 3.05) is 13.1 Å². The van der Waals surface area contributed by atoms with Gasteiger partial charge in [0.25, 0.3) is 0 Å². The van der Waals surface area contributed by atoms with Gasteiger partial charge in [0.1, 0.15) is 11.4 Å². The van der Waals surface area contributed by atoms with Crippen LogP contribution in [-0.4, -0.2) is 40.6 Å². The van der Waals surface area contributed by atoms with Crippen LogP contribution in [0.5, 0.6) is 0 Å². The number of hydrogen-bond donors (Lipinski definition) is 2. The first kappa shape index (κ1) is 25.5.